The fourth-order valence-electron chi connectivity index (χ4n) is 2.74. The van der Waals surface area contributed by atoms with Crippen molar-refractivity contribution in [2.24, 2.45) is 5.41 Å². The summed E-state index contributed by atoms with van der Waals surface area (Å²) in [5.74, 6) is 0.549. The Morgan fingerprint density at radius 3 is 2.50 bits per heavy atom. The van der Waals surface area contributed by atoms with Gasteiger partial charge in [-0.05, 0) is 43.9 Å². The molecule has 1 aliphatic carbocycles. The Kier molecular flexibility index (Phi) is 3.81. The number of likely N-dealkylation sites (tertiary alicyclic amines) is 1. The molecule has 1 aromatic carbocycles. The number of ether oxygens (including phenoxy) is 1. The quantitative estimate of drug-likeness (QED) is 0.930. The first kappa shape index (κ1) is 14.9. The van der Waals surface area contributed by atoms with E-state index in [1.165, 1.54) is 0 Å². The molecule has 1 aromatic rings. The molecule has 1 heterocycles. The van der Waals surface area contributed by atoms with Crippen molar-refractivity contribution in [2.45, 2.75) is 32.6 Å². The van der Waals surface area contributed by atoms with Gasteiger partial charge in [0.2, 0.25) is 5.91 Å². The molecule has 0 aromatic heterocycles. The minimum Gasteiger partial charge on any atom is -0.496 e. The van der Waals surface area contributed by atoms with E-state index in [0.29, 0.717) is 17.0 Å². The Morgan fingerprint density at radius 1 is 1.23 bits per heavy atom. The minimum absolute atomic E-state index is 0.0249. The van der Waals surface area contributed by atoms with Gasteiger partial charge in [0.05, 0.1) is 12.7 Å². The van der Waals surface area contributed by atoms with E-state index in [1.807, 2.05) is 11.8 Å². The average Bonchev–Trinajstić information content (AvgIpc) is 3.05. The molecule has 5 nitrogen and oxygen atoms in total. The maximum absolute atomic E-state index is 12.6. The number of carbonyl (C=O) groups excluding carboxylic acids is 2. The lowest BCUT2D eigenvalue weighted by molar-refractivity contribution is -0.120. The second-order valence-electron chi connectivity index (χ2n) is 6.43. The zero-order valence-electron chi connectivity index (χ0n) is 13.1. The molecule has 2 aliphatic rings. The van der Waals surface area contributed by atoms with Crippen molar-refractivity contribution in [1.82, 2.24) is 4.90 Å². The van der Waals surface area contributed by atoms with Crippen molar-refractivity contribution in [3.63, 3.8) is 0 Å². The lowest BCUT2D eigenvalue weighted by Crippen LogP contribution is -2.28. The standard InChI is InChI=1S/C17H22N2O3/c1-17(7-8-17)16(21)18-12-5-6-14(22-2)13(11-12)15(20)19-9-3-4-10-19/h5-6,11H,3-4,7-10H2,1-2H3,(H,18,21). The maximum atomic E-state index is 12.6. The monoisotopic (exact) mass is 302 g/mol. The van der Waals surface area contributed by atoms with E-state index >= 15 is 0 Å². The number of nitrogens with one attached hydrogen (secondary N) is 1. The van der Waals surface area contributed by atoms with Gasteiger partial charge in [0.25, 0.3) is 5.91 Å². The molecule has 0 radical (unpaired) electrons. The Labute approximate surface area is 130 Å². The van der Waals surface area contributed by atoms with Gasteiger partial charge in [-0.15, -0.1) is 0 Å². The number of anilines is 1. The zero-order valence-corrected chi connectivity index (χ0v) is 13.1. The molecule has 1 saturated heterocycles. The van der Waals surface area contributed by atoms with Crippen LogP contribution in [0, 0.1) is 5.41 Å². The normalized spacial score (nSPS) is 18.9. The van der Waals surface area contributed by atoms with Crippen molar-refractivity contribution < 1.29 is 14.3 Å². The van der Waals surface area contributed by atoms with Gasteiger partial charge < -0.3 is 15.0 Å². The molecule has 1 saturated carbocycles. The third-order valence-electron chi connectivity index (χ3n) is 4.63. The van der Waals surface area contributed by atoms with E-state index in [9.17, 15) is 9.59 Å². The molecule has 2 fully saturated rings. The number of carbonyl (C=O) groups is 2. The van der Waals surface area contributed by atoms with Crippen LogP contribution in [0.5, 0.6) is 5.75 Å². The third kappa shape index (κ3) is 2.80. The second-order valence-corrected chi connectivity index (χ2v) is 6.43. The second kappa shape index (κ2) is 5.63. The Bertz CT molecular complexity index is 602. The van der Waals surface area contributed by atoms with Crippen LogP contribution in [0.3, 0.4) is 0 Å². The van der Waals surface area contributed by atoms with Gasteiger partial charge in [0.15, 0.2) is 0 Å². The smallest absolute Gasteiger partial charge is 0.257 e. The van der Waals surface area contributed by atoms with Crippen LogP contribution in [0.4, 0.5) is 5.69 Å². The van der Waals surface area contributed by atoms with Crippen LogP contribution in [0.2, 0.25) is 0 Å². The summed E-state index contributed by atoms with van der Waals surface area (Å²) in [6, 6.07) is 5.25. The third-order valence-corrected chi connectivity index (χ3v) is 4.63. The highest BCUT2D eigenvalue weighted by Gasteiger charge is 2.44. The Hall–Kier alpha value is -2.04. The van der Waals surface area contributed by atoms with E-state index in [2.05, 4.69) is 5.32 Å². The van der Waals surface area contributed by atoms with Gasteiger partial charge in [-0.3, -0.25) is 9.59 Å². The number of hydrogen-bond acceptors (Lipinski definition) is 3. The van der Waals surface area contributed by atoms with Crippen LogP contribution in [0.25, 0.3) is 0 Å². The summed E-state index contributed by atoms with van der Waals surface area (Å²) in [6.07, 6.45) is 3.94. The van der Waals surface area contributed by atoms with Crippen molar-refractivity contribution in [2.75, 3.05) is 25.5 Å². The number of nitrogens with zero attached hydrogens (tertiary/aromatic N) is 1. The number of hydrogen-bond donors (Lipinski definition) is 1. The number of rotatable bonds is 4. The van der Waals surface area contributed by atoms with E-state index in [4.69, 9.17) is 4.74 Å². The van der Waals surface area contributed by atoms with Crippen molar-refractivity contribution in [1.29, 1.82) is 0 Å². The van der Waals surface area contributed by atoms with Gasteiger partial charge in [-0.1, -0.05) is 6.92 Å². The molecule has 2 amide bonds. The molecule has 1 N–H and O–H groups in total. The molecule has 5 heteroatoms. The fraction of sp³-hybridized carbons (Fsp3) is 0.529. The van der Waals surface area contributed by atoms with Gasteiger partial charge in [0, 0.05) is 24.2 Å². The number of benzene rings is 1. The van der Waals surface area contributed by atoms with Crippen molar-refractivity contribution in [3.8, 4) is 5.75 Å². The van der Waals surface area contributed by atoms with Gasteiger partial charge in [0.1, 0.15) is 5.75 Å². The first-order valence-corrected chi connectivity index (χ1v) is 7.82. The van der Waals surface area contributed by atoms with E-state index in [-0.39, 0.29) is 17.2 Å². The first-order valence-electron chi connectivity index (χ1n) is 7.82. The minimum atomic E-state index is -0.237. The highest BCUT2D eigenvalue weighted by atomic mass is 16.5. The molecule has 3 rings (SSSR count). The summed E-state index contributed by atoms with van der Waals surface area (Å²) < 4.78 is 5.31. The Morgan fingerprint density at radius 2 is 1.91 bits per heavy atom. The Balaban J connectivity index is 1.82. The van der Waals surface area contributed by atoms with Crippen molar-refractivity contribution in [3.05, 3.63) is 23.8 Å². The van der Waals surface area contributed by atoms with E-state index in [0.717, 1.165) is 38.8 Å². The summed E-state index contributed by atoms with van der Waals surface area (Å²) in [7, 11) is 1.56. The molecule has 0 unspecified atom stereocenters. The SMILES string of the molecule is COc1ccc(NC(=O)C2(C)CC2)cc1C(=O)N1CCCC1. The van der Waals surface area contributed by atoms with Crippen LogP contribution in [-0.2, 0) is 4.79 Å². The van der Waals surface area contributed by atoms with Crippen LogP contribution in [0.1, 0.15) is 43.0 Å². The van der Waals surface area contributed by atoms with Gasteiger partial charge in [-0.25, -0.2) is 0 Å². The topological polar surface area (TPSA) is 58.6 Å². The summed E-state index contributed by atoms with van der Waals surface area (Å²) in [6.45, 7) is 3.54. The first-order chi connectivity index (χ1) is 10.5. The van der Waals surface area contributed by atoms with Crippen LogP contribution >= 0.6 is 0 Å². The summed E-state index contributed by atoms with van der Waals surface area (Å²) >= 11 is 0. The number of amides is 2. The van der Waals surface area contributed by atoms with Crippen LogP contribution in [-0.4, -0.2) is 36.9 Å². The lowest BCUT2D eigenvalue weighted by Gasteiger charge is -2.18. The number of methoxy groups -OCH3 is 1. The van der Waals surface area contributed by atoms with Crippen LogP contribution in [0.15, 0.2) is 18.2 Å². The summed E-state index contributed by atoms with van der Waals surface area (Å²) in [5, 5.41) is 2.92. The van der Waals surface area contributed by atoms with E-state index in [1.54, 1.807) is 25.3 Å². The summed E-state index contributed by atoms with van der Waals surface area (Å²) in [5.41, 5.74) is 0.934. The predicted octanol–water partition coefficient (Wildman–Crippen LogP) is 2.67. The predicted molar refractivity (Wildman–Crippen MR) is 84.1 cm³/mol. The fourth-order valence-corrected chi connectivity index (χ4v) is 2.74. The largest absolute Gasteiger partial charge is 0.496 e. The van der Waals surface area contributed by atoms with Gasteiger partial charge >= 0.3 is 0 Å². The average molecular weight is 302 g/mol. The van der Waals surface area contributed by atoms with Crippen molar-refractivity contribution >= 4 is 17.5 Å². The highest BCUT2D eigenvalue weighted by Crippen LogP contribution is 2.45. The molecule has 0 bridgehead atoms. The summed E-state index contributed by atoms with van der Waals surface area (Å²) in [4.78, 5) is 26.6. The van der Waals surface area contributed by atoms with Crippen LogP contribution < -0.4 is 10.1 Å². The lowest BCUT2D eigenvalue weighted by atomic mass is 10.1. The molecule has 0 spiro atoms. The molecule has 0 atom stereocenters. The highest BCUT2D eigenvalue weighted by molar-refractivity contribution is 6.01. The molecular weight excluding hydrogens is 280 g/mol. The molecule has 22 heavy (non-hydrogen) atoms. The van der Waals surface area contributed by atoms with Gasteiger partial charge in [-0.2, -0.15) is 0 Å². The molecule has 1 aliphatic heterocycles. The van der Waals surface area contributed by atoms with E-state index < -0.39 is 0 Å². The zero-order chi connectivity index (χ0) is 15.7. The molecule has 118 valence electrons. The maximum Gasteiger partial charge on any atom is 0.257 e. The molecular formula is C17H22N2O3.